The number of benzene rings is 4. The van der Waals surface area contributed by atoms with Gasteiger partial charge in [0.1, 0.15) is 5.75 Å². The maximum atomic E-state index is 12.2. The molecule has 0 atom stereocenters. The summed E-state index contributed by atoms with van der Waals surface area (Å²) in [7, 11) is 0. The summed E-state index contributed by atoms with van der Waals surface area (Å²) in [5.74, 6) is 0.315. The van der Waals surface area contributed by atoms with Crippen LogP contribution in [-0.4, -0.2) is 18.7 Å². The van der Waals surface area contributed by atoms with Gasteiger partial charge in [-0.25, -0.2) is 5.43 Å². The fourth-order valence-electron chi connectivity index (χ4n) is 3.65. The molecule has 5 heteroatoms. The van der Waals surface area contributed by atoms with Crippen molar-refractivity contribution >= 4 is 45.3 Å². The summed E-state index contributed by atoms with van der Waals surface area (Å²) in [6.45, 7) is 6.35. The third kappa shape index (κ3) is 4.61. The second-order valence-corrected chi connectivity index (χ2v) is 9.05. The van der Waals surface area contributed by atoms with Crippen LogP contribution in [0.1, 0.15) is 31.9 Å². The molecule has 0 aliphatic rings. The fraction of sp³-hybridized carbons (Fsp3) is 0.185. The predicted molar refractivity (Wildman–Crippen MR) is 133 cm³/mol. The molecule has 0 aromatic heterocycles. The molecular weight excluding hydrogens is 420 g/mol. The number of ether oxygens (including phenoxy) is 1. The average molecular weight is 445 g/mol. The number of carbonyl (C=O) groups excluding carboxylic acids is 1. The molecule has 0 aliphatic carbocycles. The van der Waals surface area contributed by atoms with Gasteiger partial charge in [-0.05, 0) is 33.9 Å². The highest BCUT2D eigenvalue weighted by molar-refractivity contribution is 6.42. The van der Waals surface area contributed by atoms with Crippen LogP contribution in [0.25, 0.3) is 21.5 Å². The van der Waals surface area contributed by atoms with E-state index in [1.807, 2.05) is 72.8 Å². The van der Waals surface area contributed by atoms with Gasteiger partial charge in [0, 0.05) is 16.3 Å². The van der Waals surface area contributed by atoms with Crippen molar-refractivity contribution in [3.05, 3.63) is 88.9 Å². The summed E-state index contributed by atoms with van der Waals surface area (Å²) < 4.78 is 5.59. The molecule has 0 aliphatic heterocycles. The van der Waals surface area contributed by atoms with E-state index < -0.39 is 0 Å². The fourth-order valence-corrected chi connectivity index (χ4v) is 3.98. The predicted octanol–water partition coefficient (Wildman–Crippen LogP) is 6.47. The molecule has 4 nitrogen and oxygen atoms in total. The first-order valence-corrected chi connectivity index (χ1v) is 10.9. The Bertz CT molecular complexity index is 1250. The van der Waals surface area contributed by atoms with Crippen LogP contribution in [-0.2, 0) is 10.2 Å². The van der Waals surface area contributed by atoms with Crippen molar-refractivity contribution in [2.24, 2.45) is 5.10 Å². The highest BCUT2D eigenvalue weighted by Crippen LogP contribution is 2.35. The van der Waals surface area contributed by atoms with Crippen molar-refractivity contribution in [2.75, 3.05) is 6.61 Å². The van der Waals surface area contributed by atoms with Crippen molar-refractivity contribution in [2.45, 2.75) is 26.2 Å². The number of nitrogens with one attached hydrogen (secondary N) is 1. The molecule has 0 heterocycles. The molecule has 4 rings (SSSR count). The van der Waals surface area contributed by atoms with Crippen LogP contribution in [0.2, 0.25) is 5.02 Å². The lowest BCUT2D eigenvalue weighted by Gasteiger charge is -2.19. The number of hydrogen-bond donors (Lipinski definition) is 1. The van der Waals surface area contributed by atoms with E-state index in [1.54, 1.807) is 6.21 Å². The number of carbonyl (C=O) groups is 1. The molecule has 1 amide bonds. The quantitative estimate of drug-likeness (QED) is 0.218. The minimum atomic E-state index is -0.330. The van der Waals surface area contributed by atoms with Gasteiger partial charge in [0.25, 0.3) is 5.91 Å². The first kappa shape index (κ1) is 21.8. The molecule has 4 aromatic carbocycles. The van der Waals surface area contributed by atoms with Crippen LogP contribution >= 0.6 is 11.6 Å². The lowest BCUT2D eigenvalue weighted by Crippen LogP contribution is -2.24. The molecule has 0 spiro atoms. The van der Waals surface area contributed by atoms with E-state index in [0.29, 0.717) is 10.8 Å². The van der Waals surface area contributed by atoms with Gasteiger partial charge < -0.3 is 4.74 Å². The number of rotatable bonds is 5. The van der Waals surface area contributed by atoms with Gasteiger partial charge in [0.05, 0.1) is 11.2 Å². The third-order valence-corrected chi connectivity index (χ3v) is 5.79. The van der Waals surface area contributed by atoms with Crippen LogP contribution in [0.3, 0.4) is 0 Å². The lowest BCUT2D eigenvalue weighted by atomic mass is 9.87. The van der Waals surface area contributed by atoms with Crippen molar-refractivity contribution in [1.29, 1.82) is 0 Å². The minimum Gasteiger partial charge on any atom is -0.484 e. The van der Waals surface area contributed by atoms with Gasteiger partial charge in [-0.3, -0.25) is 4.79 Å². The van der Waals surface area contributed by atoms with E-state index in [1.165, 1.54) is 5.56 Å². The van der Waals surface area contributed by atoms with Gasteiger partial charge >= 0.3 is 0 Å². The monoisotopic (exact) mass is 444 g/mol. The summed E-state index contributed by atoms with van der Waals surface area (Å²) in [5.41, 5.74) is 4.74. The van der Waals surface area contributed by atoms with E-state index >= 15 is 0 Å². The maximum Gasteiger partial charge on any atom is 0.277 e. The van der Waals surface area contributed by atoms with E-state index in [4.69, 9.17) is 16.3 Å². The van der Waals surface area contributed by atoms with E-state index in [9.17, 15) is 4.79 Å². The molecule has 0 saturated carbocycles. The molecule has 162 valence electrons. The average Bonchev–Trinajstić information content (AvgIpc) is 2.79. The number of nitrogens with zero attached hydrogens (tertiary/aromatic N) is 1. The molecular formula is C27H25ClN2O2. The number of amides is 1. The third-order valence-electron chi connectivity index (χ3n) is 5.38. The molecule has 32 heavy (non-hydrogen) atoms. The topological polar surface area (TPSA) is 50.7 Å². The largest absolute Gasteiger partial charge is 0.484 e. The normalized spacial score (nSPS) is 11.9. The van der Waals surface area contributed by atoms with Crippen molar-refractivity contribution in [1.82, 2.24) is 5.43 Å². The van der Waals surface area contributed by atoms with Gasteiger partial charge in [0.2, 0.25) is 0 Å². The Morgan fingerprint density at radius 1 is 0.906 bits per heavy atom. The Kier molecular flexibility index (Phi) is 6.15. The zero-order valence-electron chi connectivity index (χ0n) is 18.4. The summed E-state index contributed by atoms with van der Waals surface area (Å²) >= 11 is 6.63. The number of hydrazone groups is 1. The van der Waals surface area contributed by atoms with E-state index in [2.05, 4.69) is 31.3 Å². The zero-order chi connectivity index (χ0) is 22.7. The summed E-state index contributed by atoms with van der Waals surface area (Å²) in [5, 5.41) is 8.74. The Balaban J connectivity index is 1.48. The molecule has 0 saturated heterocycles. The Morgan fingerprint density at radius 2 is 1.44 bits per heavy atom. The zero-order valence-corrected chi connectivity index (χ0v) is 19.1. The van der Waals surface area contributed by atoms with Gasteiger partial charge in [0.15, 0.2) is 6.61 Å². The van der Waals surface area contributed by atoms with Crippen molar-refractivity contribution in [3.8, 4) is 5.75 Å². The Morgan fingerprint density at radius 3 is 1.97 bits per heavy atom. The second-order valence-electron chi connectivity index (χ2n) is 8.68. The molecule has 4 aromatic rings. The van der Waals surface area contributed by atoms with Crippen molar-refractivity contribution in [3.63, 3.8) is 0 Å². The Hall–Kier alpha value is -3.37. The van der Waals surface area contributed by atoms with Gasteiger partial charge in [-0.2, -0.15) is 5.10 Å². The van der Waals surface area contributed by atoms with Crippen LogP contribution in [0.5, 0.6) is 5.75 Å². The van der Waals surface area contributed by atoms with Crippen LogP contribution in [0, 0.1) is 0 Å². The summed E-state index contributed by atoms with van der Waals surface area (Å²) in [4.78, 5) is 12.2. The highest BCUT2D eigenvalue weighted by Gasteiger charge is 2.13. The molecule has 0 unspecified atom stereocenters. The minimum absolute atomic E-state index is 0.0701. The molecule has 1 N–H and O–H groups in total. The smallest absolute Gasteiger partial charge is 0.277 e. The first-order valence-electron chi connectivity index (χ1n) is 10.5. The summed E-state index contributed by atoms with van der Waals surface area (Å²) in [6.07, 6.45) is 1.66. The molecule has 0 bridgehead atoms. The van der Waals surface area contributed by atoms with Gasteiger partial charge in [-0.15, -0.1) is 0 Å². The van der Waals surface area contributed by atoms with Crippen LogP contribution in [0.4, 0.5) is 0 Å². The first-order chi connectivity index (χ1) is 15.3. The second kappa shape index (κ2) is 9.01. The highest BCUT2D eigenvalue weighted by atomic mass is 35.5. The van der Waals surface area contributed by atoms with Gasteiger partial charge in [-0.1, -0.05) is 93.0 Å². The van der Waals surface area contributed by atoms with E-state index in [-0.39, 0.29) is 17.9 Å². The van der Waals surface area contributed by atoms with Crippen molar-refractivity contribution < 1.29 is 9.53 Å². The SMILES string of the molecule is CC(C)(C)c1ccc(OCC(=O)N/N=C\c2c3ccccc3c(Cl)c3ccccc23)cc1. The standard InChI is InChI=1S/C27H25ClN2O2/c1-27(2,3)18-12-14-19(15-13-18)32-17-25(31)30-29-16-24-20-8-4-6-10-22(20)26(28)23-11-7-5-9-21(23)24/h4-16H,17H2,1-3H3,(H,30,31)/b29-16-. The maximum absolute atomic E-state index is 12.2. The number of halogens is 1. The molecule has 0 fully saturated rings. The van der Waals surface area contributed by atoms with Crippen LogP contribution < -0.4 is 10.2 Å². The number of hydrogen-bond acceptors (Lipinski definition) is 3. The Labute approximate surface area is 192 Å². The van der Waals surface area contributed by atoms with E-state index in [0.717, 1.165) is 27.1 Å². The molecule has 0 radical (unpaired) electrons. The lowest BCUT2D eigenvalue weighted by molar-refractivity contribution is -0.123. The number of fused-ring (bicyclic) bond motifs is 2. The summed E-state index contributed by atoms with van der Waals surface area (Å²) in [6, 6.07) is 23.6. The van der Waals surface area contributed by atoms with Crippen LogP contribution in [0.15, 0.2) is 77.9 Å².